The Morgan fingerprint density at radius 3 is 2.11 bits per heavy atom. The fourth-order valence-corrected chi connectivity index (χ4v) is 9.22. The maximum Gasteiger partial charge on any atom is 0.338 e. The number of fused-ring (bicyclic) bond motifs is 5. The van der Waals surface area contributed by atoms with Gasteiger partial charge in [0.25, 0.3) is 0 Å². The summed E-state index contributed by atoms with van der Waals surface area (Å²) in [6, 6.07) is 6.79. The van der Waals surface area contributed by atoms with Crippen LogP contribution < -0.4 is 5.32 Å². The van der Waals surface area contributed by atoms with Gasteiger partial charge < -0.3 is 44.3 Å². The summed E-state index contributed by atoms with van der Waals surface area (Å²) >= 11 is 0. The molecule has 10 unspecified atom stereocenters. The van der Waals surface area contributed by atoms with Crippen molar-refractivity contribution in [1.29, 1.82) is 0 Å². The molecule has 15 nitrogen and oxygen atoms in total. The van der Waals surface area contributed by atoms with Gasteiger partial charge in [-0.1, -0.05) is 45.9 Å². The van der Waals surface area contributed by atoms with Crippen molar-refractivity contribution in [3.05, 3.63) is 47.0 Å². The molecular weight excluding hydrogens is 706 g/mol. The van der Waals surface area contributed by atoms with Crippen LogP contribution in [0.4, 0.5) is 0 Å². The molecule has 5 rings (SSSR count). The van der Waals surface area contributed by atoms with Crippen LogP contribution in [-0.2, 0) is 47.7 Å². The Morgan fingerprint density at radius 1 is 0.963 bits per heavy atom. The second-order valence-corrected chi connectivity index (χ2v) is 16.1. The maximum absolute atomic E-state index is 15.3. The van der Waals surface area contributed by atoms with Gasteiger partial charge in [-0.15, -0.1) is 0 Å². The third kappa shape index (κ3) is 6.52. The van der Waals surface area contributed by atoms with Crippen LogP contribution in [-0.4, -0.2) is 111 Å². The van der Waals surface area contributed by atoms with E-state index in [-0.39, 0.29) is 29.7 Å². The molecule has 3 aliphatic carbocycles. The van der Waals surface area contributed by atoms with Crippen LogP contribution in [0.15, 0.2) is 41.5 Å². The number of carbonyl (C=O) groups is 6. The number of aliphatic hydroxyl groups is 3. The Hall–Kier alpha value is -4.18. The zero-order valence-electron chi connectivity index (χ0n) is 32.0. The Labute approximate surface area is 313 Å². The Balaban J connectivity index is 1.79. The molecule has 1 aliphatic heterocycles. The third-order valence-corrected chi connectivity index (χ3v) is 12.1. The molecule has 1 heterocycles. The lowest BCUT2D eigenvalue weighted by molar-refractivity contribution is -0.346. The van der Waals surface area contributed by atoms with Gasteiger partial charge in [0.2, 0.25) is 5.91 Å². The molecule has 2 saturated carbocycles. The van der Waals surface area contributed by atoms with Crippen LogP contribution >= 0.6 is 0 Å². The molecule has 296 valence electrons. The summed E-state index contributed by atoms with van der Waals surface area (Å²) in [5, 5.41) is 39.1. The zero-order chi connectivity index (χ0) is 40.3. The molecule has 15 heteroatoms. The molecule has 0 aromatic heterocycles. The molecule has 1 aromatic rings. The van der Waals surface area contributed by atoms with E-state index in [1.807, 2.05) is 0 Å². The van der Waals surface area contributed by atoms with Crippen molar-refractivity contribution in [1.82, 2.24) is 5.32 Å². The van der Waals surface area contributed by atoms with Crippen molar-refractivity contribution in [2.75, 3.05) is 6.61 Å². The standard InChI is InChI=1S/C39H51NO14/c1-18(2)28(40-20(4)41)29(45)35(48)52-24-16-39(49)33(53-34(47)23-13-11-10-12-14-23)31-37(9,25(44)15-26-38(31,17-50-26)54-22(6)43)32(46)30(51-21(5)42)27(19(24)3)36(39,7)8/h10-14,18,24-26,28-31,33,44-45,49H,15-17H2,1-9H3,(H,40,41)/t24?,25?,26?,28?,29?,30?,31?,33?,37-,38?,39?/m1/s1. The van der Waals surface area contributed by atoms with Crippen LogP contribution in [0.3, 0.4) is 0 Å². The van der Waals surface area contributed by atoms with Crippen LogP contribution in [0.1, 0.15) is 85.5 Å². The minimum absolute atomic E-state index is 0.0205. The molecule has 1 saturated heterocycles. The molecule has 2 bridgehead atoms. The first kappa shape index (κ1) is 41.0. The number of amides is 1. The molecule has 1 aromatic carbocycles. The van der Waals surface area contributed by atoms with Gasteiger partial charge in [-0.3, -0.25) is 19.2 Å². The number of ketones is 1. The van der Waals surface area contributed by atoms with E-state index in [1.165, 1.54) is 32.9 Å². The fourth-order valence-electron chi connectivity index (χ4n) is 9.22. The van der Waals surface area contributed by atoms with E-state index in [2.05, 4.69) is 5.32 Å². The van der Waals surface area contributed by atoms with Gasteiger partial charge in [0, 0.05) is 39.0 Å². The largest absolute Gasteiger partial charge is 0.456 e. The number of ether oxygens (including phenoxy) is 5. The first-order chi connectivity index (χ1) is 25.0. The highest BCUT2D eigenvalue weighted by Crippen LogP contribution is 2.64. The smallest absolute Gasteiger partial charge is 0.338 e. The van der Waals surface area contributed by atoms with E-state index in [0.717, 1.165) is 13.8 Å². The van der Waals surface area contributed by atoms with Gasteiger partial charge in [-0.2, -0.15) is 0 Å². The monoisotopic (exact) mass is 757 g/mol. The third-order valence-electron chi connectivity index (χ3n) is 12.1. The number of benzene rings is 1. The highest BCUT2D eigenvalue weighted by molar-refractivity contribution is 5.95. The lowest BCUT2D eigenvalue weighted by Gasteiger charge is -2.67. The molecule has 54 heavy (non-hydrogen) atoms. The zero-order valence-corrected chi connectivity index (χ0v) is 32.0. The Morgan fingerprint density at radius 2 is 1.59 bits per heavy atom. The molecule has 4 N–H and O–H groups in total. The second kappa shape index (κ2) is 14.5. The maximum atomic E-state index is 15.3. The van der Waals surface area contributed by atoms with Gasteiger partial charge in [0.15, 0.2) is 23.6 Å². The summed E-state index contributed by atoms with van der Waals surface area (Å²) in [4.78, 5) is 80.7. The van der Waals surface area contributed by atoms with Gasteiger partial charge in [-0.25, -0.2) is 9.59 Å². The fraction of sp³-hybridized carbons (Fsp3) is 0.641. The molecular formula is C39H51NO14. The highest BCUT2D eigenvalue weighted by Gasteiger charge is 2.78. The second-order valence-electron chi connectivity index (χ2n) is 16.1. The summed E-state index contributed by atoms with van der Waals surface area (Å²) in [5.41, 5.74) is -7.42. The summed E-state index contributed by atoms with van der Waals surface area (Å²) in [5.74, 6) is -7.02. The number of hydrogen-bond acceptors (Lipinski definition) is 14. The lowest BCUT2D eigenvalue weighted by atomic mass is 9.44. The number of Topliss-reactive ketones (excluding diaryl/α,β-unsaturated/α-hetero) is 1. The SMILES string of the molecule is CC(=O)NC(C(C)C)C(O)C(=O)OC1CC2(O)C(OC(=O)c3ccccc3)C3C4(OC(C)=O)COC4CC(O)[C@@]3(C)C(=O)C(OC(C)=O)C(=C1C)C2(C)C. The topological polar surface area (TPSA) is 221 Å². The predicted octanol–water partition coefficient (Wildman–Crippen LogP) is 1.73. The molecule has 1 amide bonds. The first-order valence-corrected chi connectivity index (χ1v) is 18.1. The number of esters is 4. The number of aliphatic hydroxyl groups excluding tert-OH is 2. The first-order valence-electron chi connectivity index (χ1n) is 18.1. The lowest BCUT2D eigenvalue weighted by Crippen LogP contribution is -2.82. The van der Waals surface area contributed by atoms with Gasteiger partial charge >= 0.3 is 23.9 Å². The van der Waals surface area contributed by atoms with Crippen LogP contribution in [0.5, 0.6) is 0 Å². The van der Waals surface area contributed by atoms with Crippen LogP contribution in [0, 0.1) is 22.7 Å². The summed E-state index contributed by atoms with van der Waals surface area (Å²) in [7, 11) is 0. The average molecular weight is 758 g/mol. The van der Waals surface area contributed by atoms with E-state index < -0.39 is 119 Å². The van der Waals surface area contributed by atoms with Crippen molar-refractivity contribution in [3.63, 3.8) is 0 Å². The van der Waals surface area contributed by atoms with E-state index in [0.29, 0.717) is 0 Å². The molecule has 4 aliphatic rings. The number of hydrogen-bond donors (Lipinski definition) is 4. The van der Waals surface area contributed by atoms with Crippen LogP contribution in [0.25, 0.3) is 0 Å². The average Bonchev–Trinajstić information content (AvgIpc) is 3.08. The Kier molecular flexibility index (Phi) is 11.0. The molecule has 0 spiro atoms. The number of rotatable bonds is 9. The van der Waals surface area contributed by atoms with E-state index in [1.54, 1.807) is 45.9 Å². The molecule has 3 fully saturated rings. The summed E-state index contributed by atoms with van der Waals surface area (Å²) < 4.78 is 29.9. The highest BCUT2D eigenvalue weighted by atomic mass is 16.6. The molecule has 11 atom stereocenters. The number of carbonyl (C=O) groups excluding carboxylic acids is 6. The predicted molar refractivity (Wildman–Crippen MR) is 187 cm³/mol. The van der Waals surface area contributed by atoms with Gasteiger partial charge in [0.1, 0.15) is 23.9 Å². The Bertz CT molecular complexity index is 1740. The van der Waals surface area contributed by atoms with Gasteiger partial charge in [0.05, 0.1) is 35.6 Å². The van der Waals surface area contributed by atoms with Crippen molar-refractivity contribution >= 4 is 35.6 Å². The van der Waals surface area contributed by atoms with Crippen molar-refractivity contribution in [3.8, 4) is 0 Å². The minimum atomic E-state index is -2.34. The molecule has 0 radical (unpaired) electrons. The van der Waals surface area contributed by atoms with E-state index in [4.69, 9.17) is 23.7 Å². The van der Waals surface area contributed by atoms with E-state index >= 15 is 4.79 Å². The van der Waals surface area contributed by atoms with Crippen molar-refractivity contribution in [2.45, 2.75) is 129 Å². The minimum Gasteiger partial charge on any atom is -0.456 e. The summed E-state index contributed by atoms with van der Waals surface area (Å²) in [6.07, 6.45) is -10.1. The number of nitrogens with one attached hydrogen (secondary N) is 1. The van der Waals surface area contributed by atoms with Gasteiger partial charge in [-0.05, 0) is 43.0 Å². The van der Waals surface area contributed by atoms with Crippen LogP contribution in [0.2, 0.25) is 0 Å². The van der Waals surface area contributed by atoms with Crippen molar-refractivity contribution in [2.24, 2.45) is 22.7 Å². The van der Waals surface area contributed by atoms with Crippen molar-refractivity contribution < 1.29 is 67.8 Å². The quantitative estimate of drug-likeness (QED) is 0.160. The van der Waals surface area contributed by atoms with E-state index in [9.17, 15) is 39.3 Å². The normalized spacial score (nSPS) is 35.1. The summed E-state index contributed by atoms with van der Waals surface area (Å²) in [6.45, 7) is 12.6.